The molecule has 1 rings (SSSR count). The Labute approximate surface area is 118 Å². The molecular weight excluding hydrogens is 260 g/mol. The number of hydrogen-bond donors (Lipinski definition) is 0. The van der Waals surface area contributed by atoms with Gasteiger partial charge in [-0.05, 0) is 27.2 Å². The first-order valence-corrected chi connectivity index (χ1v) is 9.01. The minimum Gasteiger partial charge on any atom is -0.374 e. The van der Waals surface area contributed by atoms with Crippen molar-refractivity contribution >= 4 is 8.80 Å². The van der Waals surface area contributed by atoms with Gasteiger partial charge in [-0.25, -0.2) is 0 Å². The van der Waals surface area contributed by atoms with E-state index in [0.29, 0.717) is 19.8 Å². The van der Waals surface area contributed by atoms with Crippen LogP contribution in [0.2, 0.25) is 6.04 Å². The van der Waals surface area contributed by atoms with E-state index >= 15 is 0 Å². The molecule has 1 aliphatic rings. The highest BCUT2D eigenvalue weighted by Crippen LogP contribution is 2.19. The zero-order valence-electron chi connectivity index (χ0n) is 12.6. The topological polar surface area (TPSA) is 34.2 Å². The summed E-state index contributed by atoms with van der Waals surface area (Å²) in [6.07, 6.45) is 5.12. The van der Waals surface area contributed by atoms with Gasteiger partial charge in [0, 0.05) is 51.9 Å². The molecule has 0 saturated heterocycles. The van der Waals surface area contributed by atoms with Crippen molar-refractivity contribution in [3.8, 4) is 0 Å². The molecule has 111 valence electrons. The van der Waals surface area contributed by atoms with Crippen molar-refractivity contribution in [2.24, 2.45) is 0 Å². The van der Waals surface area contributed by atoms with E-state index in [9.17, 15) is 0 Å². The molecule has 1 heterocycles. The van der Waals surface area contributed by atoms with Crippen LogP contribution < -0.4 is 0 Å². The molecule has 0 fully saturated rings. The summed E-state index contributed by atoms with van der Waals surface area (Å²) < 4.78 is 17.5. The van der Waals surface area contributed by atoms with E-state index in [1.165, 1.54) is 0 Å². The van der Waals surface area contributed by atoms with E-state index in [0.717, 1.165) is 19.0 Å². The Morgan fingerprint density at radius 2 is 1.53 bits per heavy atom. The summed E-state index contributed by atoms with van der Waals surface area (Å²) in [6.45, 7) is 10.9. The van der Waals surface area contributed by atoms with Gasteiger partial charge in [0.15, 0.2) is 0 Å². The third-order valence-corrected chi connectivity index (χ3v) is 5.97. The van der Waals surface area contributed by atoms with Gasteiger partial charge in [-0.3, -0.25) is 0 Å². The van der Waals surface area contributed by atoms with Crippen LogP contribution in [0, 0.1) is 6.67 Å². The first kappa shape index (κ1) is 16.5. The third kappa shape index (κ3) is 5.52. The second kappa shape index (κ2) is 8.58. The van der Waals surface area contributed by atoms with Crippen LogP contribution in [0.25, 0.3) is 0 Å². The van der Waals surface area contributed by atoms with Crippen LogP contribution in [0.5, 0.6) is 0 Å². The van der Waals surface area contributed by atoms with Crippen LogP contribution in [0.1, 0.15) is 27.2 Å². The fraction of sp³-hybridized carbons (Fsp3) is 0.769. The summed E-state index contributed by atoms with van der Waals surface area (Å²) in [5.74, 6) is 0. The Morgan fingerprint density at radius 1 is 0.947 bits per heavy atom. The van der Waals surface area contributed by atoms with E-state index in [1.54, 1.807) is 0 Å². The maximum atomic E-state index is 5.83. The Bertz CT molecular complexity index is 260. The fourth-order valence-electron chi connectivity index (χ4n) is 2.11. The van der Waals surface area contributed by atoms with Gasteiger partial charge in [0.1, 0.15) is 6.67 Å². The van der Waals surface area contributed by atoms with Crippen LogP contribution in [-0.4, -0.2) is 52.0 Å². The lowest BCUT2D eigenvalue weighted by atomic mass is 10.4. The van der Waals surface area contributed by atoms with E-state index < -0.39 is 8.80 Å². The molecule has 1 aliphatic heterocycles. The molecule has 0 aliphatic carbocycles. The predicted molar refractivity (Wildman–Crippen MR) is 78.0 cm³/mol. The third-order valence-electron chi connectivity index (χ3n) is 2.82. The summed E-state index contributed by atoms with van der Waals surface area (Å²) in [4.78, 5) is 4.21. The first-order chi connectivity index (χ1) is 9.15. The number of nitrogens with zero attached hydrogens (tertiary/aromatic N) is 2. The molecule has 5 nitrogen and oxygen atoms in total. The van der Waals surface area contributed by atoms with Crippen molar-refractivity contribution < 1.29 is 13.3 Å². The zero-order chi connectivity index (χ0) is 14.1. The number of hydrogen-bond acceptors (Lipinski definition) is 5. The molecule has 0 aromatic heterocycles. The summed E-state index contributed by atoms with van der Waals surface area (Å²) >= 11 is 0. The fourth-order valence-corrected chi connectivity index (χ4v) is 4.71. The zero-order valence-corrected chi connectivity index (χ0v) is 13.6. The SMILES string of the molecule is CCO[Si](CCCN1[CH]N(C)C=C1)(OCC)OCC. The van der Waals surface area contributed by atoms with Crippen LogP contribution in [0.15, 0.2) is 12.4 Å². The molecule has 0 N–H and O–H groups in total. The summed E-state index contributed by atoms with van der Waals surface area (Å²) in [6, 6.07) is 0.865. The highest BCUT2D eigenvalue weighted by Gasteiger charge is 2.39. The Morgan fingerprint density at radius 3 is 1.95 bits per heavy atom. The number of rotatable bonds is 10. The Balaban J connectivity index is 2.40. The van der Waals surface area contributed by atoms with Crippen LogP contribution in [0.4, 0.5) is 0 Å². The van der Waals surface area contributed by atoms with E-state index in [4.69, 9.17) is 13.3 Å². The lowest BCUT2D eigenvalue weighted by Crippen LogP contribution is -2.46. The molecule has 19 heavy (non-hydrogen) atoms. The molecule has 0 saturated carbocycles. The van der Waals surface area contributed by atoms with Gasteiger partial charge in [0.2, 0.25) is 0 Å². The minimum absolute atomic E-state index is 0.644. The molecule has 6 heteroatoms. The normalized spacial score (nSPS) is 15.6. The van der Waals surface area contributed by atoms with Crippen molar-refractivity contribution in [2.45, 2.75) is 33.2 Å². The molecular formula is C13H27N2O3Si. The maximum absolute atomic E-state index is 5.83. The summed E-state index contributed by atoms with van der Waals surface area (Å²) in [7, 11) is -0.439. The standard InChI is InChI=1S/C13H27N2O3Si/c1-5-16-19(17-6-2,18-7-3)12-8-9-15-11-10-14(4)13-15/h10-11,13H,5-9,12H2,1-4H3. The van der Waals surface area contributed by atoms with E-state index in [1.807, 2.05) is 38.9 Å². The maximum Gasteiger partial charge on any atom is 0.500 e. The lowest BCUT2D eigenvalue weighted by Gasteiger charge is -2.29. The molecule has 0 amide bonds. The average Bonchev–Trinajstić information content (AvgIpc) is 2.76. The van der Waals surface area contributed by atoms with Gasteiger partial charge in [-0.1, -0.05) is 0 Å². The van der Waals surface area contributed by atoms with Crippen molar-refractivity contribution in [2.75, 3.05) is 33.4 Å². The molecule has 0 unspecified atom stereocenters. The van der Waals surface area contributed by atoms with E-state index in [-0.39, 0.29) is 0 Å². The van der Waals surface area contributed by atoms with Gasteiger partial charge in [-0.2, -0.15) is 0 Å². The quantitative estimate of drug-likeness (QED) is 0.576. The molecule has 0 bridgehead atoms. The van der Waals surface area contributed by atoms with Crippen molar-refractivity contribution in [3.63, 3.8) is 0 Å². The van der Waals surface area contributed by atoms with Gasteiger partial charge < -0.3 is 23.1 Å². The van der Waals surface area contributed by atoms with E-state index in [2.05, 4.69) is 17.8 Å². The minimum atomic E-state index is -2.46. The Kier molecular flexibility index (Phi) is 7.44. The van der Waals surface area contributed by atoms with Gasteiger partial charge in [-0.15, -0.1) is 0 Å². The molecule has 0 aromatic rings. The lowest BCUT2D eigenvalue weighted by molar-refractivity contribution is 0.0704. The molecule has 1 radical (unpaired) electrons. The van der Waals surface area contributed by atoms with Gasteiger partial charge in [0.05, 0.1) is 0 Å². The highest BCUT2D eigenvalue weighted by atomic mass is 28.4. The van der Waals surface area contributed by atoms with Crippen molar-refractivity contribution in [1.82, 2.24) is 9.80 Å². The molecule has 0 spiro atoms. The smallest absolute Gasteiger partial charge is 0.374 e. The summed E-state index contributed by atoms with van der Waals surface area (Å²) in [5.41, 5.74) is 0. The van der Waals surface area contributed by atoms with Crippen LogP contribution in [-0.2, 0) is 13.3 Å². The molecule has 0 atom stereocenters. The second-order valence-electron chi connectivity index (χ2n) is 4.40. The predicted octanol–water partition coefficient (Wildman–Crippen LogP) is 2.26. The largest absolute Gasteiger partial charge is 0.500 e. The summed E-state index contributed by atoms with van der Waals surface area (Å²) in [5, 5.41) is 0. The second-order valence-corrected chi connectivity index (χ2v) is 7.13. The van der Waals surface area contributed by atoms with Crippen molar-refractivity contribution in [3.05, 3.63) is 19.1 Å². The average molecular weight is 287 g/mol. The monoisotopic (exact) mass is 287 g/mol. The first-order valence-electron chi connectivity index (χ1n) is 7.08. The van der Waals surface area contributed by atoms with Crippen LogP contribution >= 0.6 is 0 Å². The Hall–Kier alpha value is -0.563. The van der Waals surface area contributed by atoms with Crippen LogP contribution in [0.3, 0.4) is 0 Å². The van der Waals surface area contributed by atoms with Gasteiger partial charge >= 0.3 is 8.80 Å². The van der Waals surface area contributed by atoms with Gasteiger partial charge in [0.25, 0.3) is 0 Å². The molecule has 0 aromatic carbocycles. The highest BCUT2D eigenvalue weighted by molar-refractivity contribution is 6.60. The van der Waals surface area contributed by atoms with Crippen molar-refractivity contribution in [1.29, 1.82) is 0 Å².